The number of rotatable bonds is 8. The molecule has 1 aromatic heterocycles. The number of hydrogen-bond acceptors (Lipinski definition) is 7. The van der Waals surface area contributed by atoms with Crippen LogP contribution >= 0.6 is 11.6 Å². The van der Waals surface area contributed by atoms with Gasteiger partial charge in [-0.25, -0.2) is 0 Å². The summed E-state index contributed by atoms with van der Waals surface area (Å²) in [7, 11) is 1.60. The minimum atomic E-state index is -0.123. The van der Waals surface area contributed by atoms with Gasteiger partial charge in [-0.05, 0) is 56.3 Å². The summed E-state index contributed by atoms with van der Waals surface area (Å²) >= 11 is 6.22. The van der Waals surface area contributed by atoms with Gasteiger partial charge in [0.15, 0.2) is 5.75 Å². The van der Waals surface area contributed by atoms with Crippen LogP contribution in [0.3, 0.4) is 0 Å². The molecule has 1 saturated heterocycles. The second-order valence-electron chi connectivity index (χ2n) is 8.84. The van der Waals surface area contributed by atoms with Crippen molar-refractivity contribution in [1.82, 2.24) is 15.0 Å². The Morgan fingerprint density at radius 3 is 2.62 bits per heavy atom. The van der Waals surface area contributed by atoms with Gasteiger partial charge in [0.25, 0.3) is 0 Å². The monoisotopic (exact) mass is 518 g/mol. The molecular weight excluding hydrogens is 492 g/mol. The Bertz CT molecular complexity index is 1350. The lowest BCUT2D eigenvalue weighted by atomic mass is 9.96. The van der Waals surface area contributed by atoms with Gasteiger partial charge in [-0.1, -0.05) is 53.2 Å². The van der Waals surface area contributed by atoms with Crippen molar-refractivity contribution in [3.8, 4) is 28.6 Å². The van der Waals surface area contributed by atoms with Crippen molar-refractivity contribution in [2.75, 3.05) is 25.5 Å². The minimum Gasteiger partial charge on any atom is -0.497 e. The molecule has 4 aromatic rings. The average Bonchev–Trinajstić information content (AvgIpc) is 3.40. The molecule has 37 heavy (non-hydrogen) atoms. The molecule has 0 bridgehead atoms. The first-order valence-corrected chi connectivity index (χ1v) is 12.5. The van der Waals surface area contributed by atoms with E-state index in [0.29, 0.717) is 46.2 Å². The molecule has 3 aromatic carbocycles. The van der Waals surface area contributed by atoms with Crippen LogP contribution in [0.4, 0.5) is 5.69 Å². The van der Waals surface area contributed by atoms with Crippen molar-refractivity contribution in [2.45, 2.75) is 19.4 Å². The number of carbonyl (C=O) groups is 1. The van der Waals surface area contributed by atoms with E-state index < -0.39 is 0 Å². The highest BCUT2D eigenvalue weighted by molar-refractivity contribution is 6.31. The van der Waals surface area contributed by atoms with E-state index in [-0.39, 0.29) is 11.8 Å². The van der Waals surface area contributed by atoms with Crippen molar-refractivity contribution in [2.24, 2.45) is 5.92 Å². The lowest BCUT2D eigenvalue weighted by Crippen LogP contribution is -2.37. The number of carbonyl (C=O) groups excluding carboxylic acids is 1. The number of nitrogens with one attached hydrogen (secondary N) is 1. The third kappa shape index (κ3) is 6.28. The van der Waals surface area contributed by atoms with Crippen molar-refractivity contribution in [1.29, 1.82) is 0 Å². The molecule has 0 radical (unpaired) electrons. The van der Waals surface area contributed by atoms with Crippen LogP contribution in [0.1, 0.15) is 18.7 Å². The van der Waals surface area contributed by atoms with E-state index in [1.807, 2.05) is 48.5 Å². The van der Waals surface area contributed by atoms with Crippen molar-refractivity contribution < 1.29 is 18.8 Å². The van der Waals surface area contributed by atoms with E-state index in [1.54, 1.807) is 31.4 Å². The quantitative estimate of drug-likeness (QED) is 0.304. The molecule has 0 atom stereocenters. The molecule has 1 N–H and O–H groups in total. The van der Waals surface area contributed by atoms with Gasteiger partial charge in [-0.3, -0.25) is 9.69 Å². The number of amides is 1. The predicted octanol–water partition coefficient (Wildman–Crippen LogP) is 6.04. The van der Waals surface area contributed by atoms with Gasteiger partial charge in [0, 0.05) is 22.6 Å². The van der Waals surface area contributed by atoms with E-state index in [4.69, 9.17) is 25.6 Å². The van der Waals surface area contributed by atoms with E-state index in [2.05, 4.69) is 20.4 Å². The zero-order valence-corrected chi connectivity index (χ0v) is 21.1. The Morgan fingerprint density at radius 2 is 1.84 bits per heavy atom. The molecule has 9 heteroatoms. The van der Waals surface area contributed by atoms with Crippen LogP contribution in [0.25, 0.3) is 11.4 Å². The van der Waals surface area contributed by atoms with Crippen molar-refractivity contribution >= 4 is 23.2 Å². The number of benzene rings is 3. The Kier molecular flexibility index (Phi) is 7.67. The highest BCUT2D eigenvalue weighted by Gasteiger charge is 2.27. The van der Waals surface area contributed by atoms with Gasteiger partial charge in [0.2, 0.25) is 17.6 Å². The van der Waals surface area contributed by atoms with Gasteiger partial charge < -0.3 is 19.3 Å². The Labute approximate surface area is 220 Å². The molecule has 2 heterocycles. The largest absolute Gasteiger partial charge is 0.497 e. The number of likely N-dealkylation sites (tertiary alicyclic amines) is 1. The number of anilines is 1. The zero-order chi connectivity index (χ0) is 25.6. The third-order valence-electron chi connectivity index (χ3n) is 6.29. The Morgan fingerprint density at radius 1 is 1.05 bits per heavy atom. The zero-order valence-electron chi connectivity index (χ0n) is 20.4. The van der Waals surface area contributed by atoms with E-state index in [0.717, 1.165) is 31.5 Å². The van der Waals surface area contributed by atoms with E-state index >= 15 is 0 Å². The Hall–Kier alpha value is -3.88. The third-order valence-corrected chi connectivity index (χ3v) is 6.52. The van der Waals surface area contributed by atoms with Crippen molar-refractivity contribution in [3.63, 3.8) is 0 Å². The molecule has 8 nitrogen and oxygen atoms in total. The maximum absolute atomic E-state index is 13.1. The van der Waals surface area contributed by atoms with Crippen molar-refractivity contribution in [3.05, 3.63) is 83.7 Å². The highest BCUT2D eigenvalue weighted by atomic mass is 35.5. The standard InChI is InChI=1S/C28H27ClN4O4/c1-35-22-8-5-9-23(17-22)36-25-11-10-21(29)16-24(25)30-28(34)20-12-14-33(15-13-20)18-26-31-27(32-37-26)19-6-3-2-4-7-19/h2-11,16-17,20H,12-15,18H2,1H3,(H,30,34). The molecule has 1 aliphatic rings. The SMILES string of the molecule is COc1cccc(Oc2ccc(Cl)cc2NC(=O)C2CCN(Cc3nc(-c4ccccc4)no3)CC2)c1. The smallest absolute Gasteiger partial charge is 0.241 e. The number of halogens is 1. The fourth-order valence-electron chi connectivity index (χ4n) is 4.28. The summed E-state index contributed by atoms with van der Waals surface area (Å²) in [5, 5.41) is 7.62. The average molecular weight is 519 g/mol. The maximum atomic E-state index is 13.1. The van der Waals surface area contributed by atoms with Gasteiger partial charge in [-0.15, -0.1) is 0 Å². The summed E-state index contributed by atoms with van der Waals surface area (Å²) < 4.78 is 16.7. The summed E-state index contributed by atoms with van der Waals surface area (Å²) in [6.07, 6.45) is 1.44. The predicted molar refractivity (Wildman–Crippen MR) is 141 cm³/mol. The highest BCUT2D eigenvalue weighted by Crippen LogP contribution is 2.34. The second-order valence-corrected chi connectivity index (χ2v) is 9.28. The molecule has 190 valence electrons. The number of hydrogen-bond donors (Lipinski definition) is 1. The van der Waals surface area contributed by atoms with Crippen LogP contribution in [0.5, 0.6) is 17.2 Å². The normalized spacial score (nSPS) is 14.3. The van der Waals surface area contributed by atoms with Crippen LogP contribution in [0.2, 0.25) is 5.02 Å². The lowest BCUT2D eigenvalue weighted by molar-refractivity contribution is -0.121. The fraction of sp³-hybridized carbons (Fsp3) is 0.250. The molecule has 1 amide bonds. The molecule has 1 aliphatic heterocycles. The lowest BCUT2D eigenvalue weighted by Gasteiger charge is -2.30. The van der Waals surface area contributed by atoms with Crippen LogP contribution in [0.15, 0.2) is 77.3 Å². The topological polar surface area (TPSA) is 89.7 Å². The summed E-state index contributed by atoms with van der Waals surface area (Å²) in [6.45, 7) is 2.06. The first-order chi connectivity index (χ1) is 18.1. The molecule has 0 aliphatic carbocycles. The summed E-state index contributed by atoms with van der Waals surface area (Å²) in [4.78, 5) is 19.9. The van der Waals surface area contributed by atoms with E-state index in [1.165, 1.54) is 0 Å². The van der Waals surface area contributed by atoms with Crippen LogP contribution in [-0.2, 0) is 11.3 Å². The molecular formula is C28H27ClN4O4. The van der Waals surface area contributed by atoms with Crippen LogP contribution in [-0.4, -0.2) is 41.1 Å². The van der Waals surface area contributed by atoms with Crippen LogP contribution in [0, 0.1) is 5.92 Å². The summed E-state index contributed by atoms with van der Waals surface area (Å²) in [6, 6.07) is 22.2. The summed E-state index contributed by atoms with van der Waals surface area (Å²) in [5.74, 6) is 2.76. The number of methoxy groups -OCH3 is 1. The fourth-order valence-corrected chi connectivity index (χ4v) is 4.46. The maximum Gasteiger partial charge on any atom is 0.241 e. The summed E-state index contributed by atoms with van der Waals surface area (Å²) in [5.41, 5.74) is 1.45. The number of ether oxygens (including phenoxy) is 2. The Balaban J connectivity index is 1.17. The molecule has 0 spiro atoms. The first-order valence-electron chi connectivity index (χ1n) is 12.1. The minimum absolute atomic E-state index is 0.0541. The van der Waals surface area contributed by atoms with Gasteiger partial charge in [0.05, 0.1) is 19.3 Å². The molecule has 0 saturated carbocycles. The first kappa shape index (κ1) is 24.8. The number of nitrogens with zero attached hydrogens (tertiary/aromatic N) is 3. The van der Waals surface area contributed by atoms with Gasteiger partial charge >= 0.3 is 0 Å². The molecule has 1 fully saturated rings. The number of aromatic nitrogens is 2. The second kappa shape index (κ2) is 11.5. The van der Waals surface area contributed by atoms with Crippen LogP contribution < -0.4 is 14.8 Å². The molecule has 0 unspecified atom stereocenters. The van der Waals surface area contributed by atoms with Gasteiger partial charge in [0.1, 0.15) is 11.5 Å². The van der Waals surface area contributed by atoms with E-state index in [9.17, 15) is 4.79 Å². The van der Waals surface area contributed by atoms with Gasteiger partial charge in [-0.2, -0.15) is 4.98 Å². The number of piperidine rings is 1. The molecule has 5 rings (SSSR count).